The Morgan fingerprint density at radius 3 is 2.72 bits per heavy atom. The largest absolute Gasteiger partial charge is 0.468 e. The zero-order valence-corrected chi connectivity index (χ0v) is 18.4. The first-order valence-electron chi connectivity index (χ1n) is 11.2. The summed E-state index contributed by atoms with van der Waals surface area (Å²) >= 11 is 0. The summed E-state index contributed by atoms with van der Waals surface area (Å²) in [5.74, 6) is 0.942. The Balaban J connectivity index is 1.19. The summed E-state index contributed by atoms with van der Waals surface area (Å²) in [6.07, 6.45) is 2.54. The molecule has 3 aromatic rings. The zero-order chi connectivity index (χ0) is 22.0. The molecule has 1 spiro atoms. The van der Waals surface area contributed by atoms with Crippen LogP contribution < -0.4 is 5.32 Å². The average Bonchev–Trinajstić information content (AvgIpc) is 3.55. The van der Waals surface area contributed by atoms with Crippen molar-refractivity contribution in [1.29, 1.82) is 0 Å². The number of ether oxygens (including phenoxy) is 1. The van der Waals surface area contributed by atoms with Gasteiger partial charge in [-0.05, 0) is 41.4 Å². The van der Waals surface area contributed by atoms with Crippen molar-refractivity contribution in [3.8, 4) is 0 Å². The molecule has 2 aromatic carbocycles. The molecular weight excluding hydrogens is 402 g/mol. The van der Waals surface area contributed by atoms with Gasteiger partial charge in [-0.15, -0.1) is 0 Å². The summed E-state index contributed by atoms with van der Waals surface area (Å²) in [4.78, 5) is 17.0. The molecule has 1 unspecified atom stereocenters. The average molecular weight is 432 g/mol. The normalized spacial score (nSPS) is 19.6. The van der Waals surface area contributed by atoms with Crippen LogP contribution in [0.1, 0.15) is 34.4 Å². The van der Waals surface area contributed by atoms with Gasteiger partial charge in [0.05, 0.1) is 26.0 Å². The smallest absolute Gasteiger partial charge is 0.317 e. The van der Waals surface area contributed by atoms with Crippen molar-refractivity contribution in [3.63, 3.8) is 0 Å². The van der Waals surface area contributed by atoms with E-state index in [1.807, 2.05) is 35.2 Å². The van der Waals surface area contributed by atoms with Crippen molar-refractivity contribution in [1.82, 2.24) is 15.1 Å². The monoisotopic (exact) mass is 431 g/mol. The van der Waals surface area contributed by atoms with Crippen LogP contribution in [-0.2, 0) is 36.6 Å². The first-order valence-corrected chi connectivity index (χ1v) is 11.2. The molecule has 3 heterocycles. The summed E-state index contributed by atoms with van der Waals surface area (Å²) < 4.78 is 11.6. The van der Waals surface area contributed by atoms with Crippen molar-refractivity contribution in [2.75, 3.05) is 20.1 Å². The van der Waals surface area contributed by atoms with Gasteiger partial charge in [-0.1, -0.05) is 48.5 Å². The summed E-state index contributed by atoms with van der Waals surface area (Å²) in [5.41, 5.74) is 4.46. The molecular formula is C26H29N3O3. The van der Waals surface area contributed by atoms with E-state index in [4.69, 9.17) is 9.15 Å². The molecule has 2 amide bonds. The molecule has 1 atom stereocenters. The number of urea groups is 1. The fourth-order valence-electron chi connectivity index (χ4n) is 4.86. The van der Waals surface area contributed by atoms with Gasteiger partial charge in [0.15, 0.2) is 0 Å². The lowest BCUT2D eigenvalue weighted by atomic mass is 9.92. The first-order chi connectivity index (χ1) is 15.6. The fourth-order valence-corrected chi connectivity index (χ4v) is 4.86. The second-order valence-corrected chi connectivity index (χ2v) is 8.79. The summed E-state index contributed by atoms with van der Waals surface area (Å²) in [6, 6.07) is 20.5. The van der Waals surface area contributed by atoms with E-state index in [2.05, 4.69) is 47.6 Å². The summed E-state index contributed by atoms with van der Waals surface area (Å²) in [6.45, 7) is 3.96. The quantitative estimate of drug-likeness (QED) is 0.634. The molecule has 0 aliphatic carbocycles. The number of hydrogen-bond acceptors (Lipinski definition) is 4. The van der Waals surface area contributed by atoms with Gasteiger partial charge in [-0.3, -0.25) is 4.90 Å². The van der Waals surface area contributed by atoms with Crippen molar-refractivity contribution in [2.24, 2.45) is 0 Å². The number of amides is 2. The molecule has 6 heteroatoms. The number of hydrogen-bond donors (Lipinski definition) is 1. The van der Waals surface area contributed by atoms with E-state index in [1.54, 1.807) is 6.26 Å². The van der Waals surface area contributed by atoms with Gasteiger partial charge < -0.3 is 19.4 Å². The molecule has 0 radical (unpaired) electrons. The molecule has 1 saturated heterocycles. The van der Waals surface area contributed by atoms with Crippen molar-refractivity contribution in [2.45, 2.75) is 38.3 Å². The van der Waals surface area contributed by atoms with Crippen LogP contribution in [0.4, 0.5) is 4.79 Å². The van der Waals surface area contributed by atoms with Crippen LogP contribution >= 0.6 is 0 Å². The van der Waals surface area contributed by atoms with Crippen LogP contribution in [0.2, 0.25) is 0 Å². The van der Waals surface area contributed by atoms with Gasteiger partial charge in [0.25, 0.3) is 0 Å². The number of furan rings is 1. The minimum atomic E-state index is -0.347. The van der Waals surface area contributed by atoms with E-state index in [9.17, 15) is 4.79 Å². The van der Waals surface area contributed by atoms with E-state index >= 15 is 0 Å². The molecule has 6 nitrogen and oxygen atoms in total. The number of likely N-dealkylation sites (tertiary alicyclic amines) is 1. The van der Waals surface area contributed by atoms with Gasteiger partial charge in [0, 0.05) is 26.1 Å². The van der Waals surface area contributed by atoms with Gasteiger partial charge >= 0.3 is 6.03 Å². The number of benzene rings is 2. The topological polar surface area (TPSA) is 58.0 Å². The maximum absolute atomic E-state index is 13.0. The zero-order valence-electron chi connectivity index (χ0n) is 18.4. The molecule has 0 saturated carbocycles. The predicted octanol–water partition coefficient (Wildman–Crippen LogP) is 4.25. The number of nitrogens with one attached hydrogen (secondary N) is 1. The van der Waals surface area contributed by atoms with Gasteiger partial charge in [0.1, 0.15) is 11.4 Å². The van der Waals surface area contributed by atoms with Crippen molar-refractivity contribution < 1.29 is 13.9 Å². The van der Waals surface area contributed by atoms with Gasteiger partial charge in [-0.2, -0.15) is 0 Å². The number of rotatable bonds is 6. The van der Waals surface area contributed by atoms with E-state index < -0.39 is 0 Å². The number of fused-ring (bicyclic) bond motifs is 2. The summed E-state index contributed by atoms with van der Waals surface area (Å²) in [7, 11) is 2.07. The van der Waals surface area contributed by atoms with Gasteiger partial charge in [0.2, 0.25) is 0 Å². The first kappa shape index (κ1) is 20.8. The highest BCUT2D eigenvalue weighted by atomic mass is 16.5. The maximum Gasteiger partial charge on any atom is 0.317 e. The highest BCUT2D eigenvalue weighted by Gasteiger charge is 2.46. The Morgan fingerprint density at radius 2 is 1.88 bits per heavy atom. The van der Waals surface area contributed by atoms with E-state index in [0.29, 0.717) is 26.2 Å². The number of carbonyl (C=O) groups is 1. The highest BCUT2D eigenvalue weighted by Crippen LogP contribution is 2.43. The van der Waals surface area contributed by atoms with E-state index in [-0.39, 0.29) is 11.6 Å². The Hall–Kier alpha value is -3.09. The van der Waals surface area contributed by atoms with Crippen LogP contribution in [0.3, 0.4) is 0 Å². The Morgan fingerprint density at radius 1 is 1.06 bits per heavy atom. The predicted molar refractivity (Wildman–Crippen MR) is 122 cm³/mol. The molecule has 166 valence electrons. The third-order valence-electron chi connectivity index (χ3n) is 6.53. The number of carbonyl (C=O) groups excluding carboxylic acids is 1. The maximum atomic E-state index is 13.0. The van der Waals surface area contributed by atoms with Crippen LogP contribution in [-0.4, -0.2) is 36.0 Å². The number of nitrogens with zero attached hydrogens (tertiary/aromatic N) is 2. The second-order valence-electron chi connectivity index (χ2n) is 8.79. The molecule has 1 N–H and O–H groups in total. The molecule has 2 aliphatic heterocycles. The van der Waals surface area contributed by atoms with Crippen molar-refractivity contribution in [3.05, 3.63) is 94.9 Å². The third-order valence-corrected chi connectivity index (χ3v) is 6.53. The van der Waals surface area contributed by atoms with Crippen LogP contribution in [0.25, 0.3) is 0 Å². The molecule has 5 rings (SSSR count). The highest BCUT2D eigenvalue weighted by molar-refractivity contribution is 5.75. The van der Waals surface area contributed by atoms with E-state index in [0.717, 1.165) is 30.8 Å². The minimum absolute atomic E-state index is 0.0337. The molecule has 2 aliphatic rings. The molecule has 1 aromatic heterocycles. The SMILES string of the molecule is CN(Cc1ccco1)Cc1ccccc1CNC(=O)N1CCC2(C1)OCc1ccccc12. The third kappa shape index (κ3) is 4.16. The molecule has 0 bridgehead atoms. The standard InChI is InChI=1S/C26H29N3O3/c1-28(17-23-10-6-14-31-23)16-21-8-3-2-7-20(21)15-27-25(30)29-13-12-26(19-29)24-11-5-4-9-22(24)18-32-26/h2-11,14H,12-13,15-19H2,1H3,(H,27,30). The van der Waals surface area contributed by atoms with Gasteiger partial charge in [-0.25, -0.2) is 4.79 Å². The molecule has 1 fully saturated rings. The summed E-state index contributed by atoms with van der Waals surface area (Å²) in [5, 5.41) is 3.12. The minimum Gasteiger partial charge on any atom is -0.468 e. The van der Waals surface area contributed by atoms with Crippen LogP contribution in [0.5, 0.6) is 0 Å². The lowest BCUT2D eigenvalue weighted by Crippen LogP contribution is -2.40. The second kappa shape index (κ2) is 8.81. The van der Waals surface area contributed by atoms with Crippen LogP contribution in [0, 0.1) is 0 Å². The Labute approximate surface area is 188 Å². The lowest BCUT2D eigenvalue weighted by Gasteiger charge is -2.25. The Kier molecular flexibility index (Phi) is 5.72. The van der Waals surface area contributed by atoms with E-state index in [1.165, 1.54) is 16.7 Å². The Bertz CT molecular complexity index is 1080. The fraction of sp³-hybridized carbons (Fsp3) is 0.346. The lowest BCUT2D eigenvalue weighted by molar-refractivity contribution is -0.0272. The molecule has 32 heavy (non-hydrogen) atoms. The van der Waals surface area contributed by atoms with Crippen molar-refractivity contribution >= 4 is 6.03 Å². The van der Waals surface area contributed by atoms with Crippen LogP contribution in [0.15, 0.2) is 71.3 Å².